The molecule has 3 atom stereocenters. The Labute approximate surface area is 184 Å². The molecule has 0 aliphatic carbocycles. The van der Waals surface area contributed by atoms with Gasteiger partial charge in [-0.15, -0.1) is 5.10 Å². The molecule has 168 valence electrons. The van der Waals surface area contributed by atoms with Crippen LogP contribution in [0, 0.1) is 11.3 Å². The van der Waals surface area contributed by atoms with Gasteiger partial charge in [0.15, 0.2) is 0 Å². The van der Waals surface area contributed by atoms with Crippen LogP contribution in [0.2, 0.25) is 0 Å². The lowest BCUT2D eigenvalue weighted by molar-refractivity contribution is -0.162. The van der Waals surface area contributed by atoms with Crippen LogP contribution < -0.4 is 10.1 Å². The number of aromatic nitrogens is 5. The zero-order valence-corrected chi connectivity index (χ0v) is 18.2. The third kappa shape index (κ3) is 4.13. The van der Waals surface area contributed by atoms with Crippen molar-refractivity contribution in [1.82, 2.24) is 24.3 Å². The van der Waals surface area contributed by atoms with Crippen molar-refractivity contribution < 1.29 is 24.4 Å². The summed E-state index contributed by atoms with van der Waals surface area (Å²) in [6.45, 7) is 4.62. The van der Waals surface area contributed by atoms with E-state index in [1.807, 2.05) is 13.8 Å². The number of nitrogens with one attached hydrogen (secondary N) is 1. The summed E-state index contributed by atoms with van der Waals surface area (Å²) in [6, 6.07) is 3.78. The molecule has 3 aromatic heterocycles. The van der Waals surface area contributed by atoms with Gasteiger partial charge in [-0.25, -0.2) is 9.67 Å². The van der Waals surface area contributed by atoms with E-state index in [-0.39, 0.29) is 30.1 Å². The molecule has 12 nitrogen and oxygen atoms in total. The van der Waals surface area contributed by atoms with Crippen LogP contribution in [0.5, 0.6) is 5.88 Å². The van der Waals surface area contributed by atoms with E-state index in [4.69, 9.17) is 14.2 Å². The number of nitrogens with zero attached hydrogens (tertiary/aromatic N) is 6. The van der Waals surface area contributed by atoms with Crippen LogP contribution in [0.15, 0.2) is 18.5 Å². The van der Waals surface area contributed by atoms with Gasteiger partial charge in [0.1, 0.15) is 29.2 Å². The Balaban J connectivity index is 1.70. The lowest BCUT2D eigenvalue weighted by Crippen LogP contribution is -2.47. The summed E-state index contributed by atoms with van der Waals surface area (Å²) < 4.78 is 19.2. The molecule has 32 heavy (non-hydrogen) atoms. The van der Waals surface area contributed by atoms with Gasteiger partial charge < -0.3 is 34.3 Å². The molecule has 0 bridgehead atoms. The van der Waals surface area contributed by atoms with E-state index in [0.717, 1.165) is 4.68 Å². The second kappa shape index (κ2) is 8.40. The van der Waals surface area contributed by atoms with E-state index in [0.29, 0.717) is 35.6 Å². The smallest absolute Gasteiger partial charge is 0.257 e. The van der Waals surface area contributed by atoms with Crippen molar-refractivity contribution in [3.63, 3.8) is 0 Å². The number of anilines is 2. The van der Waals surface area contributed by atoms with Gasteiger partial charge in [0.2, 0.25) is 19.6 Å². The van der Waals surface area contributed by atoms with Gasteiger partial charge in [-0.05, 0) is 19.9 Å². The van der Waals surface area contributed by atoms with Gasteiger partial charge in [0, 0.05) is 18.7 Å². The highest BCUT2D eigenvalue weighted by atomic mass is 16.6. The Morgan fingerprint density at radius 2 is 2.28 bits per heavy atom. The molecule has 1 unspecified atom stereocenters. The molecular weight excluding hydrogens is 417 g/mol. The van der Waals surface area contributed by atoms with Gasteiger partial charge in [-0.3, -0.25) is 0 Å². The van der Waals surface area contributed by atoms with Crippen LogP contribution in [0.3, 0.4) is 0 Å². The predicted molar refractivity (Wildman–Crippen MR) is 115 cm³/mol. The molecule has 0 saturated carbocycles. The van der Waals surface area contributed by atoms with Crippen molar-refractivity contribution in [2.75, 3.05) is 25.6 Å². The van der Waals surface area contributed by atoms with E-state index < -0.39 is 5.81 Å². The van der Waals surface area contributed by atoms with Crippen LogP contribution in [-0.2, 0) is 15.3 Å². The summed E-state index contributed by atoms with van der Waals surface area (Å²) in [4.78, 5) is 8.89. The lowest BCUT2D eigenvalue weighted by atomic mass is 10.1. The summed E-state index contributed by atoms with van der Waals surface area (Å²) in [5.41, 5.74) is 1.36. The largest absolute Gasteiger partial charge is 0.467 e. The first kappa shape index (κ1) is 22.0. The molecular formula is C19H24BN7O5. The third-order valence-electron chi connectivity index (χ3n) is 5.21. The molecule has 4 heterocycles. The molecule has 13 heteroatoms. The van der Waals surface area contributed by atoms with E-state index in [2.05, 4.69) is 26.5 Å². The van der Waals surface area contributed by atoms with Gasteiger partial charge in [0.25, 0.3) is 5.88 Å². The van der Waals surface area contributed by atoms with Crippen LogP contribution in [0.1, 0.15) is 25.6 Å². The number of hydrogen-bond donors (Lipinski definition) is 3. The monoisotopic (exact) mass is 441 g/mol. The highest BCUT2D eigenvalue weighted by molar-refractivity contribution is 6.11. The minimum absolute atomic E-state index is 0.106. The molecule has 0 radical (unpaired) electrons. The molecule has 0 spiro atoms. The van der Waals surface area contributed by atoms with Crippen molar-refractivity contribution in [3.8, 4) is 11.9 Å². The van der Waals surface area contributed by atoms with Gasteiger partial charge in [-0.1, -0.05) is 0 Å². The Morgan fingerprint density at radius 1 is 1.50 bits per heavy atom. The lowest BCUT2D eigenvalue weighted by Gasteiger charge is -2.33. The number of ether oxygens (including phenoxy) is 3. The molecule has 3 aromatic rings. The number of nitriles is 1. The zero-order chi connectivity index (χ0) is 23.0. The molecule has 0 aromatic carbocycles. The molecule has 0 amide bonds. The highest BCUT2D eigenvalue weighted by Gasteiger charge is 2.33. The first-order valence-electron chi connectivity index (χ1n) is 10.1. The normalized spacial score (nSPS) is 19.4. The summed E-state index contributed by atoms with van der Waals surface area (Å²) >= 11 is 0. The fraction of sp³-hybridized carbons (Fsp3) is 0.474. The maximum Gasteiger partial charge on any atom is 0.257 e. The van der Waals surface area contributed by atoms with E-state index in [1.165, 1.54) is 14.0 Å². The molecule has 1 aliphatic rings. The second-order valence-electron chi connectivity index (χ2n) is 7.87. The fourth-order valence-electron chi connectivity index (χ4n) is 3.42. The van der Waals surface area contributed by atoms with Crippen molar-refractivity contribution in [3.05, 3.63) is 24.2 Å². The first-order chi connectivity index (χ1) is 15.2. The Morgan fingerprint density at radius 3 is 2.88 bits per heavy atom. The van der Waals surface area contributed by atoms with E-state index in [9.17, 15) is 15.5 Å². The third-order valence-corrected chi connectivity index (χ3v) is 5.21. The second-order valence-corrected chi connectivity index (χ2v) is 7.87. The SMILES string of the molecule is BC(O)(O)n1cc(Nc2ncc3cc(C#N)n([C@@H](C)COC)c3n2)c(OC2CO[C@@H]2C)n1. The molecule has 3 N–H and O–H groups in total. The maximum atomic E-state index is 9.94. The van der Waals surface area contributed by atoms with E-state index >= 15 is 0 Å². The minimum Gasteiger partial charge on any atom is -0.467 e. The Hall–Kier alpha value is -3.18. The predicted octanol–water partition coefficient (Wildman–Crippen LogP) is -0.198. The summed E-state index contributed by atoms with van der Waals surface area (Å²) in [7, 11) is 2.78. The average Bonchev–Trinajstić information content (AvgIpc) is 3.31. The molecule has 1 saturated heterocycles. The average molecular weight is 441 g/mol. The Kier molecular flexibility index (Phi) is 5.78. The Bertz CT molecular complexity index is 1170. The van der Waals surface area contributed by atoms with Gasteiger partial charge in [0.05, 0.1) is 31.6 Å². The number of methoxy groups -OCH3 is 1. The van der Waals surface area contributed by atoms with Crippen LogP contribution in [0.25, 0.3) is 11.0 Å². The fourth-order valence-corrected chi connectivity index (χ4v) is 3.42. The first-order valence-corrected chi connectivity index (χ1v) is 10.1. The van der Waals surface area contributed by atoms with Crippen molar-refractivity contribution in [1.29, 1.82) is 5.26 Å². The topological polar surface area (TPSA) is 152 Å². The number of rotatable bonds is 8. The van der Waals surface area contributed by atoms with E-state index in [1.54, 1.807) is 23.9 Å². The summed E-state index contributed by atoms with van der Waals surface area (Å²) in [6.07, 6.45) is 2.68. The summed E-state index contributed by atoms with van der Waals surface area (Å²) in [5, 5.41) is 37.3. The number of aliphatic hydroxyl groups is 2. The summed E-state index contributed by atoms with van der Waals surface area (Å²) in [5.74, 6) is -1.84. The standard InChI is InChI=1S/C19H24BN7O5/c1-10(8-30-3)27-13(5-21)4-12-6-22-18(24-16(12)27)23-14-7-26(19(20,28)29)25-17(14)32-15-9-31-11(15)2/h4,6-7,10-11,15,28-29H,8-9,20H2,1-3H3,(H,22,23,24)/t10-,11+,15?/m0/s1. The highest BCUT2D eigenvalue weighted by Crippen LogP contribution is 2.31. The molecule has 1 fully saturated rings. The van der Waals surface area contributed by atoms with Gasteiger partial charge >= 0.3 is 0 Å². The van der Waals surface area contributed by atoms with Crippen LogP contribution >= 0.6 is 0 Å². The van der Waals surface area contributed by atoms with Crippen LogP contribution in [0.4, 0.5) is 11.6 Å². The minimum atomic E-state index is -2.23. The number of fused-ring (bicyclic) bond motifs is 1. The van der Waals surface area contributed by atoms with Crippen LogP contribution in [-0.4, -0.2) is 74.9 Å². The molecule has 1 aliphatic heterocycles. The van der Waals surface area contributed by atoms with Gasteiger partial charge in [-0.2, -0.15) is 10.2 Å². The van der Waals surface area contributed by atoms with Crippen molar-refractivity contribution in [2.45, 2.75) is 37.9 Å². The number of hydrogen-bond acceptors (Lipinski definition) is 10. The molecule has 4 rings (SSSR count). The zero-order valence-electron chi connectivity index (χ0n) is 18.2. The quantitative estimate of drug-likeness (QED) is 0.317. The maximum absolute atomic E-state index is 9.94. The van der Waals surface area contributed by atoms with Crippen molar-refractivity contribution in [2.24, 2.45) is 0 Å². The van der Waals surface area contributed by atoms with Crippen molar-refractivity contribution >= 4 is 30.5 Å².